The van der Waals surface area contributed by atoms with Crippen LogP contribution in [0.3, 0.4) is 0 Å². The summed E-state index contributed by atoms with van der Waals surface area (Å²) in [6, 6.07) is 3.09. The monoisotopic (exact) mass is 239 g/mol. The van der Waals surface area contributed by atoms with Crippen molar-refractivity contribution in [3.05, 3.63) is 28.4 Å². The van der Waals surface area contributed by atoms with Crippen LogP contribution >= 0.6 is 0 Å². The van der Waals surface area contributed by atoms with Crippen molar-refractivity contribution in [2.75, 3.05) is 11.9 Å². The molecule has 0 spiro atoms. The maximum atomic E-state index is 10.5. The van der Waals surface area contributed by atoms with Crippen LogP contribution in [-0.2, 0) is 0 Å². The minimum Gasteiger partial charge on any atom is -0.396 e. The molecule has 2 N–H and O–H groups in total. The Balaban J connectivity index is 2.69. The average molecular weight is 239 g/mol. The van der Waals surface area contributed by atoms with Gasteiger partial charge in [-0.05, 0) is 18.4 Å². The van der Waals surface area contributed by atoms with Crippen LogP contribution in [0.5, 0.6) is 0 Å². The summed E-state index contributed by atoms with van der Waals surface area (Å²) in [5.74, 6) is 0.932. The smallest absolute Gasteiger partial charge is 0.287 e. The molecule has 0 fully saturated rings. The molecule has 0 aliphatic rings. The van der Waals surface area contributed by atoms with Gasteiger partial charge in [-0.25, -0.2) is 4.98 Å². The van der Waals surface area contributed by atoms with Crippen molar-refractivity contribution in [1.82, 2.24) is 4.98 Å². The summed E-state index contributed by atoms with van der Waals surface area (Å²) in [5, 5.41) is 22.5. The third kappa shape index (κ3) is 3.99. The number of hydrogen-bond donors (Lipinski definition) is 2. The Bertz CT molecular complexity index is 365. The first-order valence-electron chi connectivity index (χ1n) is 5.52. The normalized spacial score (nSPS) is 12.5. The standard InChI is InChI=1S/C11H17N3O3/c1-8(2)10(5-6-15)13-11-4-3-9(7-12-11)14(16)17/h3-4,7-8,10,15H,5-6H2,1-2H3,(H,12,13). The highest BCUT2D eigenvalue weighted by molar-refractivity contribution is 5.40. The van der Waals surface area contributed by atoms with Gasteiger partial charge in [-0.2, -0.15) is 0 Å². The van der Waals surface area contributed by atoms with Crippen molar-refractivity contribution < 1.29 is 10.0 Å². The van der Waals surface area contributed by atoms with Gasteiger partial charge in [-0.1, -0.05) is 13.8 Å². The van der Waals surface area contributed by atoms with E-state index < -0.39 is 4.92 Å². The highest BCUT2D eigenvalue weighted by Gasteiger charge is 2.13. The van der Waals surface area contributed by atoms with E-state index in [1.54, 1.807) is 6.07 Å². The summed E-state index contributed by atoms with van der Waals surface area (Å²) in [7, 11) is 0. The molecule has 0 saturated heterocycles. The van der Waals surface area contributed by atoms with Crippen LogP contribution in [0.2, 0.25) is 0 Å². The molecule has 0 bridgehead atoms. The van der Waals surface area contributed by atoms with E-state index in [1.807, 2.05) is 13.8 Å². The predicted octanol–water partition coefficient (Wildman–Crippen LogP) is 1.81. The second-order valence-corrected chi connectivity index (χ2v) is 4.17. The van der Waals surface area contributed by atoms with E-state index in [2.05, 4.69) is 10.3 Å². The first-order chi connectivity index (χ1) is 8.04. The van der Waals surface area contributed by atoms with E-state index >= 15 is 0 Å². The van der Waals surface area contributed by atoms with Gasteiger partial charge in [-0.3, -0.25) is 10.1 Å². The second-order valence-electron chi connectivity index (χ2n) is 4.17. The number of pyridine rings is 1. The molecule has 0 radical (unpaired) electrons. The molecular weight excluding hydrogens is 222 g/mol. The minimum absolute atomic E-state index is 0.0289. The Morgan fingerprint density at radius 3 is 2.65 bits per heavy atom. The van der Waals surface area contributed by atoms with Crippen molar-refractivity contribution in [3.63, 3.8) is 0 Å². The molecule has 0 aromatic carbocycles. The number of rotatable bonds is 6. The van der Waals surface area contributed by atoms with Crippen LogP contribution in [0.1, 0.15) is 20.3 Å². The second kappa shape index (κ2) is 6.15. The Hall–Kier alpha value is -1.69. The first kappa shape index (κ1) is 13.4. The van der Waals surface area contributed by atoms with Crippen LogP contribution in [0.4, 0.5) is 11.5 Å². The molecule has 1 unspecified atom stereocenters. The average Bonchev–Trinajstić information content (AvgIpc) is 2.29. The molecule has 0 amide bonds. The van der Waals surface area contributed by atoms with Crippen LogP contribution in [0.25, 0.3) is 0 Å². The zero-order valence-electron chi connectivity index (χ0n) is 9.96. The zero-order chi connectivity index (χ0) is 12.8. The van der Waals surface area contributed by atoms with E-state index in [0.29, 0.717) is 18.2 Å². The van der Waals surface area contributed by atoms with Crippen molar-refractivity contribution in [2.45, 2.75) is 26.3 Å². The minimum atomic E-state index is -0.482. The van der Waals surface area contributed by atoms with Gasteiger partial charge in [0.05, 0.1) is 4.92 Å². The number of nitro groups is 1. The number of anilines is 1. The van der Waals surface area contributed by atoms with Crippen LogP contribution in [-0.4, -0.2) is 27.7 Å². The van der Waals surface area contributed by atoms with Gasteiger partial charge in [0.15, 0.2) is 0 Å². The third-order valence-electron chi connectivity index (χ3n) is 2.54. The first-order valence-corrected chi connectivity index (χ1v) is 5.52. The largest absolute Gasteiger partial charge is 0.396 e. The Labute approximate surface area is 99.8 Å². The lowest BCUT2D eigenvalue weighted by atomic mass is 10.0. The van der Waals surface area contributed by atoms with E-state index in [0.717, 1.165) is 0 Å². The lowest BCUT2D eigenvalue weighted by Crippen LogP contribution is -2.27. The molecule has 1 heterocycles. The molecule has 1 rings (SSSR count). The molecule has 0 aliphatic heterocycles. The number of aromatic nitrogens is 1. The van der Waals surface area contributed by atoms with E-state index in [9.17, 15) is 10.1 Å². The van der Waals surface area contributed by atoms with Gasteiger partial charge in [0.25, 0.3) is 5.69 Å². The molecule has 6 heteroatoms. The highest BCUT2D eigenvalue weighted by atomic mass is 16.6. The fourth-order valence-corrected chi connectivity index (χ4v) is 1.48. The van der Waals surface area contributed by atoms with Crippen molar-refractivity contribution in [3.8, 4) is 0 Å². The van der Waals surface area contributed by atoms with Gasteiger partial charge in [-0.15, -0.1) is 0 Å². The summed E-state index contributed by atoms with van der Waals surface area (Å²) in [5.41, 5.74) is -0.0289. The Kier molecular flexibility index (Phi) is 4.84. The number of aliphatic hydroxyl groups is 1. The number of aliphatic hydroxyl groups excluding tert-OH is 1. The quantitative estimate of drug-likeness (QED) is 0.583. The van der Waals surface area contributed by atoms with Crippen molar-refractivity contribution in [2.24, 2.45) is 5.92 Å². The number of nitrogens with zero attached hydrogens (tertiary/aromatic N) is 2. The van der Waals surface area contributed by atoms with E-state index in [-0.39, 0.29) is 18.3 Å². The van der Waals surface area contributed by atoms with E-state index in [1.165, 1.54) is 12.3 Å². The Morgan fingerprint density at radius 1 is 1.53 bits per heavy atom. The molecule has 0 saturated carbocycles. The molecule has 1 atom stereocenters. The van der Waals surface area contributed by atoms with Gasteiger partial charge in [0, 0.05) is 18.7 Å². The van der Waals surface area contributed by atoms with Crippen LogP contribution < -0.4 is 5.32 Å². The topological polar surface area (TPSA) is 88.3 Å². The van der Waals surface area contributed by atoms with Crippen LogP contribution in [0.15, 0.2) is 18.3 Å². The predicted molar refractivity (Wildman–Crippen MR) is 64.8 cm³/mol. The lowest BCUT2D eigenvalue weighted by molar-refractivity contribution is -0.385. The van der Waals surface area contributed by atoms with Gasteiger partial charge < -0.3 is 10.4 Å². The zero-order valence-corrected chi connectivity index (χ0v) is 9.96. The third-order valence-corrected chi connectivity index (χ3v) is 2.54. The molecule has 17 heavy (non-hydrogen) atoms. The number of hydrogen-bond acceptors (Lipinski definition) is 5. The molecule has 0 aliphatic carbocycles. The SMILES string of the molecule is CC(C)C(CCO)Nc1ccc([N+](=O)[O-])cn1. The maximum absolute atomic E-state index is 10.5. The molecule has 94 valence electrons. The summed E-state index contributed by atoms with van der Waals surface area (Å²) >= 11 is 0. The highest BCUT2D eigenvalue weighted by Crippen LogP contribution is 2.16. The summed E-state index contributed by atoms with van der Waals surface area (Å²) in [6.45, 7) is 4.18. The Morgan fingerprint density at radius 2 is 2.24 bits per heavy atom. The summed E-state index contributed by atoms with van der Waals surface area (Å²) < 4.78 is 0. The molecule has 1 aromatic rings. The number of nitrogens with one attached hydrogen (secondary N) is 1. The van der Waals surface area contributed by atoms with Crippen molar-refractivity contribution >= 4 is 11.5 Å². The van der Waals surface area contributed by atoms with Crippen molar-refractivity contribution in [1.29, 1.82) is 0 Å². The molecule has 1 aromatic heterocycles. The fourth-order valence-electron chi connectivity index (χ4n) is 1.48. The lowest BCUT2D eigenvalue weighted by Gasteiger charge is -2.21. The van der Waals surface area contributed by atoms with Gasteiger partial charge in [0.2, 0.25) is 0 Å². The van der Waals surface area contributed by atoms with Gasteiger partial charge >= 0.3 is 0 Å². The van der Waals surface area contributed by atoms with Crippen LogP contribution in [0, 0.1) is 16.0 Å². The summed E-state index contributed by atoms with van der Waals surface area (Å²) in [4.78, 5) is 13.9. The summed E-state index contributed by atoms with van der Waals surface area (Å²) in [6.07, 6.45) is 1.84. The molecular formula is C11H17N3O3. The van der Waals surface area contributed by atoms with E-state index in [4.69, 9.17) is 5.11 Å². The molecule has 6 nitrogen and oxygen atoms in total. The fraction of sp³-hybridized carbons (Fsp3) is 0.545. The maximum Gasteiger partial charge on any atom is 0.287 e. The van der Waals surface area contributed by atoms with Gasteiger partial charge in [0.1, 0.15) is 12.0 Å².